The fourth-order valence-electron chi connectivity index (χ4n) is 3.74. The third kappa shape index (κ3) is 3.71. The van der Waals surface area contributed by atoms with E-state index in [9.17, 15) is 4.79 Å². The molecule has 4 aromatic rings. The first-order chi connectivity index (χ1) is 14.2. The van der Waals surface area contributed by atoms with Crippen molar-refractivity contribution in [3.05, 3.63) is 82.5 Å². The van der Waals surface area contributed by atoms with E-state index in [1.165, 1.54) is 0 Å². The van der Waals surface area contributed by atoms with Gasteiger partial charge in [-0.1, -0.05) is 22.0 Å². The van der Waals surface area contributed by atoms with Crippen molar-refractivity contribution in [2.45, 2.75) is 19.6 Å². The van der Waals surface area contributed by atoms with Gasteiger partial charge in [0.25, 0.3) is 5.91 Å². The second-order valence-corrected chi connectivity index (χ2v) is 8.05. The summed E-state index contributed by atoms with van der Waals surface area (Å²) in [6.45, 7) is 3.39. The molecule has 0 atom stereocenters. The molecule has 1 amide bonds. The molecule has 0 bridgehead atoms. The summed E-state index contributed by atoms with van der Waals surface area (Å²) in [7, 11) is 0. The van der Waals surface area contributed by atoms with Crippen molar-refractivity contribution in [3.63, 3.8) is 0 Å². The zero-order valence-electron chi connectivity index (χ0n) is 15.6. The molecule has 1 aliphatic heterocycles. The molecular weight excluding hydrogens is 432 g/mol. The number of carbonyl (C=O) groups excluding carboxylic acids is 1. The van der Waals surface area contributed by atoms with Crippen LogP contribution < -0.4 is 5.32 Å². The molecule has 5 rings (SSSR count). The van der Waals surface area contributed by atoms with Crippen LogP contribution in [-0.2, 0) is 19.6 Å². The van der Waals surface area contributed by atoms with Gasteiger partial charge in [0.1, 0.15) is 11.6 Å². The fraction of sp³-hybridized carbons (Fsp3) is 0.182. The van der Waals surface area contributed by atoms with Gasteiger partial charge in [-0.2, -0.15) is 0 Å². The van der Waals surface area contributed by atoms with Gasteiger partial charge in [0, 0.05) is 28.8 Å². The van der Waals surface area contributed by atoms with E-state index in [1.807, 2.05) is 42.5 Å². The number of halogens is 1. The van der Waals surface area contributed by atoms with Gasteiger partial charge in [-0.3, -0.25) is 9.69 Å². The third-order valence-electron chi connectivity index (χ3n) is 5.14. The SMILES string of the molecule is O=C(Nc1ccc2c(c1)nc1n2CCN(Cc2ccco2)C1)c1cccc(Br)c1. The van der Waals surface area contributed by atoms with Crippen molar-refractivity contribution < 1.29 is 9.21 Å². The van der Waals surface area contributed by atoms with Crippen LogP contribution in [0, 0.1) is 0 Å². The first kappa shape index (κ1) is 18.1. The summed E-state index contributed by atoms with van der Waals surface area (Å²) in [5.41, 5.74) is 3.34. The van der Waals surface area contributed by atoms with Gasteiger partial charge in [-0.15, -0.1) is 0 Å². The Kier molecular flexibility index (Phi) is 4.69. The van der Waals surface area contributed by atoms with E-state index in [1.54, 1.807) is 18.4 Å². The third-order valence-corrected chi connectivity index (χ3v) is 5.63. The highest BCUT2D eigenvalue weighted by Crippen LogP contribution is 2.25. The van der Waals surface area contributed by atoms with Crippen molar-refractivity contribution in [2.24, 2.45) is 0 Å². The molecule has 6 nitrogen and oxygen atoms in total. The summed E-state index contributed by atoms with van der Waals surface area (Å²) >= 11 is 3.40. The van der Waals surface area contributed by atoms with Crippen LogP contribution in [0.1, 0.15) is 21.9 Å². The summed E-state index contributed by atoms with van der Waals surface area (Å²) in [4.78, 5) is 19.7. The minimum absolute atomic E-state index is 0.140. The number of benzene rings is 2. The zero-order chi connectivity index (χ0) is 19.8. The number of imidazole rings is 1. The highest BCUT2D eigenvalue weighted by molar-refractivity contribution is 9.10. The Morgan fingerprint density at radius 3 is 2.90 bits per heavy atom. The first-order valence-electron chi connectivity index (χ1n) is 9.46. The summed E-state index contributed by atoms with van der Waals surface area (Å²) in [6, 6.07) is 17.2. The standard InChI is InChI=1S/C22H19BrN4O2/c23-16-4-1-3-15(11-16)22(28)24-17-6-7-20-19(12-17)25-21-14-26(8-9-27(20)21)13-18-5-2-10-29-18/h1-7,10-12H,8-9,13-14H2,(H,24,28). The van der Waals surface area contributed by atoms with Crippen molar-refractivity contribution in [1.29, 1.82) is 0 Å². The van der Waals surface area contributed by atoms with E-state index >= 15 is 0 Å². The normalized spacial score (nSPS) is 14.1. The zero-order valence-corrected chi connectivity index (χ0v) is 17.2. The second kappa shape index (κ2) is 7.50. The summed E-state index contributed by atoms with van der Waals surface area (Å²) in [6.07, 6.45) is 1.71. The van der Waals surface area contributed by atoms with Crippen LogP contribution in [0.3, 0.4) is 0 Å². The Morgan fingerprint density at radius 1 is 1.14 bits per heavy atom. The van der Waals surface area contributed by atoms with Gasteiger partial charge in [0.05, 0.1) is 30.4 Å². The van der Waals surface area contributed by atoms with Gasteiger partial charge in [-0.25, -0.2) is 4.98 Å². The minimum Gasteiger partial charge on any atom is -0.468 e. The number of aromatic nitrogens is 2. The molecule has 1 aliphatic rings. The first-order valence-corrected chi connectivity index (χ1v) is 10.3. The highest BCUT2D eigenvalue weighted by Gasteiger charge is 2.21. The molecule has 0 radical (unpaired) electrons. The van der Waals surface area contributed by atoms with E-state index in [4.69, 9.17) is 9.40 Å². The molecule has 0 saturated heterocycles. The number of anilines is 1. The summed E-state index contributed by atoms with van der Waals surface area (Å²) in [5, 5.41) is 2.96. The molecular formula is C22H19BrN4O2. The number of fused-ring (bicyclic) bond motifs is 3. The largest absolute Gasteiger partial charge is 0.468 e. The summed E-state index contributed by atoms with van der Waals surface area (Å²) < 4.78 is 8.60. The monoisotopic (exact) mass is 450 g/mol. The number of furan rings is 1. The molecule has 0 aliphatic carbocycles. The van der Waals surface area contributed by atoms with E-state index in [0.29, 0.717) is 5.56 Å². The molecule has 29 heavy (non-hydrogen) atoms. The molecule has 146 valence electrons. The minimum atomic E-state index is -0.140. The molecule has 0 spiro atoms. The molecule has 3 heterocycles. The number of nitrogens with zero attached hydrogens (tertiary/aromatic N) is 3. The molecule has 0 saturated carbocycles. The number of hydrogen-bond acceptors (Lipinski definition) is 4. The maximum absolute atomic E-state index is 12.5. The quantitative estimate of drug-likeness (QED) is 0.490. The van der Waals surface area contributed by atoms with Crippen molar-refractivity contribution in [3.8, 4) is 0 Å². The van der Waals surface area contributed by atoms with Gasteiger partial charge in [0.15, 0.2) is 0 Å². The molecule has 0 unspecified atom stereocenters. The lowest BCUT2D eigenvalue weighted by Gasteiger charge is -2.26. The molecule has 1 N–H and O–H groups in total. The predicted molar refractivity (Wildman–Crippen MR) is 115 cm³/mol. The van der Waals surface area contributed by atoms with Crippen LogP contribution in [0.5, 0.6) is 0 Å². The van der Waals surface area contributed by atoms with Crippen LogP contribution >= 0.6 is 15.9 Å². The molecule has 0 fully saturated rings. The molecule has 2 aromatic carbocycles. The lowest BCUT2D eigenvalue weighted by Crippen LogP contribution is -2.33. The van der Waals surface area contributed by atoms with Crippen LogP contribution in [0.25, 0.3) is 11.0 Å². The Morgan fingerprint density at radius 2 is 2.07 bits per heavy atom. The van der Waals surface area contributed by atoms with Crippen LogP contribution in [0.15, 0.2) is 69.8 Å². The Bertz CT molecular complexity index is 1180. The molecule has 2 aromatic heterocycles. The lowest BCUT2D eigenvalue weighted by atomic mass is 10.2. The van der Waals surface area contributed by atoms with Crippen LogP contribution in [0.4, 0.5) is 5.69 Å². The average Bonchev–Trinajstić information content (AvgIpc) is 3.34. The molecule has 7 heteroatoms. The number of amides is 1. The van der Waals surface area contributed by atoms with Crippen molar-refractivity contribution in [1.82, 2.24) is 14.5 Å². The lowest BCUT2D eigenvalue weighted by molar-refractivity contribution is 0.102. The number of rotatable bonds is 4. The van der Waals surface area contributed by atoms with Crippen LogP contribution in [0.2, 0.25) is 0 Å². The summed E-state index contributed by atoms with van der Waals surface area (Å²) in [5.74, 6) is 1.86. The van der Waals surface area contributed by atoms with E-state index in [-0.39, 0.29) is 5.91 Å². The second-order valence-electron chi connectivity index (χ2n) is 7.14. The van der Waals surface area contributed by atoms with Gasteiger partial charge in [0.2, 0.25) is 0 Å². The van der Waals surface area contributed by atoms with Crippen molar-refractivity contribution >= 4 is 38.6 Å². The smallest absolute Gasteiger partial charge is 0.255 e. The van der Waals surface area contributed by atoms with E-state index in [0.717, 1.165) is 59.0 Å². The van der Waals surface area contributed by atoms with Crippen LogP contribution in [-0.4, -0.2) is 26.9 Å². The Hall–Kier alpha value is -2.90. The van der Waals surface area contributed by atoms with Crippen molar-refractivity contribution in [2.75, 3.05) is 11.9 Å². The van der Waals surface area contributed by atoms with Gasteiger partial charge >= 0.3 is 0 Å². The number of carbonyl (C=O) groups is 1. The number of hydrogen-bond donors (Lipinski definition) is 1. The topological polar surface area (TPSA) is 63.3 Å². The van der Waals surface area contributed by atoms with Gasteiger partial charge in [-0.05, 0) is 48.5 Å². The maximum Gasteiger partial charge on any atom is 0.255 e. The fourth-order valence-corrected chi connectivity index (χ4v) is 4.14. The maximum atomic E-state index is 12.5. The number of nitrogens with one attached hydrogen (secondary N) is 1. The van der Waals surface area contributed by atoms with E-state index < -0.39 is 0 Å². The van der Waals surface area contributed by atoms with Gasteiger partial charge < -0.3 is 14.3 Å². The average molecular weight is 451 g/mol. The Labute approximate surface area is 176 Å². The van der Waals surface area contributed by atoms with E-state index in [2.05, 4.69) is 30.7 Å². The Balaban J connectivity index is 1.36. The predicted octanol–water partition coefficient (Wildman–Crippen LogP) is 4.66. The highest BCUT2D eigenvalue weighted by atomic mass is 79.9.